The predicted molar refractivity (Wildman–Crippen MR) is 153 cm³/mol. The van der Waals surface area contributed by atoms with Crippen LogP contribution in [0, 0.1) is 6.92 Å². The molecule has 0 N–H and O–H groups in total. The van der Waals surface area contributed by atoms with E-state index in [0.717, 1.165) is 45.0 Å². The average Bonchev–Trinajstić information content (AvgIpc) is 3.37. The van der Waals surface area contributed by atoms with Crippen molar-refractivity contribution in [3.63, 3.8) is 0 Å². The van der Waals surface area contributed by atoms with E-state index >= 15 is 0 Å². The fourth-order valence-corrected chi connectivity index (χ4v) is 4.91. The van der Waals surface area contributed by atoms with E-state index in [1.54, 1.807) is 0 Å². The van der Waals surface area contributed by atoms with Crippen LogP contribution in [0.5, 0.6) is 5.75 Å². The maximum Gasteiger partial charge on any atom is 0.330 e. The number of ether oxygens (including phenoxy) is 2. The maximum absolute atomic E-state index is 11.2. The van der Waals surface area contributed by atoms with Crippen LogP contribution in [-0.4, -0.2) is 28.7 Å². The lowest BCUT2D eigenvalue weighted by Gasteiger charge is -2.13. The zero-order valence-electron chi connectivity index (χ0n) is 21.1. The normalized spacial score (nSPS) is 11.2. The number of aryl methyl sites for hydroxylation is 1. The molecule has 0 aliphatic carbocycles. The largest absolute Gasteiger partial charge is 0.490 e. The molecule has 1 aromatic heterocycles. The van der Waals surface area contributed by atoms with Gasteiger partial charge in [0.05, 0.1) is 11.0 Å². The number of benzene rings is 5. The van der Waals surface area contributed by atoms with E-state index in [1.807, 2.05) is 24.3 Å². The molecule has 0 aliphatic rings. The van der Waals surface area contributed by atoms with Crippen molar-refractivity contribution in [1.82, 2.24) is 9.55 Å². The molecule has 5 aromatic carbocycles. The molecule has 0 bridgehead atoms. The van der Waals surface area contributed by atoms with Crippen LogP contribution in [0.3, 0.4) is 0 Å². The second kappa shape index (κ2) is 9.87. The molecule has 5 heteroatoms. The third kappa shape index (κ3) is 4.18. The first-order valence-electron chi connectivity index (χ1n) is 12.6. The van der Waals surface area contributed by atoms with E-state index < -0.39 is 5.97 Å². The Bertz CT molecular complexity index is 1800. The number of hydrogen-bond acceptors (Lipinski definition) is 4. The first-order valence-corrected chi connectivity index (χ1v) is 12.6. The molecule has 5 nitrogen and oxygen atoms in total. The van der Waals surface area contributed by atoms with Gasteiger partial charge in [-0.15, -0.1) is 0 Å². The number of carbonyl (C=O) groups is 1. The van der Waals surface area contributed by atoms with Crippen molar-refractivity contribution in [3.8, 4) is 22.8 Å². The third-order valence-corrected chi connectivity index (χ3v) is 6.70. The minimum absolute atomic E-state index is 0.162. The Morgan fingerprint density at radius 3 is 2.13 bits per heavy atom. The van der Waals surface area contributed by atoms with Crippen molar-refractivity contribution in [3.05, 3.63) is 115 Å². The number of hydrogen-bond donors (Lipinski definition) is 0. The fourth-order valence-electron chi connectivity index (χ4n) is 4.91. The SMILES string of the molecule is C=CC(=O)OCCOc1ccc(-n2c(-c3ccc(C)cc3)nc3c4ccccc4c4ccccc4c32)cc1. The second-order valence-electron chi connectivity index (χ2n) is 9.14. The van der Waals surface area contributed by atoms with Crippen LogP contribution in [0.4, 0.5) is 0 Å². The van der Waals surface area contributed by atoms with Crippen molar-refractivity contribution >= 4 is 38.5 Å². The van der Waals surface area contributed by atoms with Gasteiger partial charge in [-0.05, 0) is 42.0 Å². The third-order valence-electron chi connectivity index (χ3n) is 6.70. The lowest BCUT2D eigenvalue weighted by molar-refractivity contribution is -0.138. The summed E-state index contributed by atoms with van der Waals surface area (Å²) in [5.41, 5.74) is 5.27. The van der Waals surface area contributed by atoms with E-state index in [2.05, 4.69) is 90.9 Å². The summed E-state index contributed by atoms with van der Waals surface area (Å²) in [4.78, 5) is 16.5. The molecule has 0 saturated heterocycles. The Balaban J connectivity index is 1.52. The minimum Gasteiger partial charge on any atom is -0.490 e. The highest BCUT2D eigenvalue weighted by Crippen LogP contribution is 2.39. The highest BCUT2D eigenvalue weighted by atomic mass is 16.6. The van der Waals surface area contributed by atoms with Crippen LogP contribution >= 0.6 is 0 Å². The van der Waals surface area contributed by atoms with E-state index in [4.69, 9.17) is 14.5 Å². The summed E-state index contributed by atoms with van der Waals surface area (Å²) in [6, 6.07) is 33.4. The van der Waals surface area contributed by atoms with Gasteiger partial charge in [0.25, 0.3) is 0 Å². The number of rotatable bonds is 7. The molecule has 0 atom stereocenters. The molecule has 1 heterocycles. The first kappa shape index (κ1) is 23.5. The van der Waals surface area contributed by atoms with E-state index in [0.29, 0.717) is 5.75 Å². The Kier molecular flexibility index (Phi) is 6.10. The summed E-state index contributed by atoms with van der Waals surface area (Å²) in [5.74, 6) is 1.12. The van der Waals surface area contributed by atoms with Gasteiger partial charge in [-0.3, -0.25) is 4.57 Å². The van der Waals surface area contributed by atoms with Crippen LogP contribution in [0.25, 0.3) is 49.7 Å². The van der Waals surface area contributed by atoms with Crippen LogP contribution in [0.15, 0.2) is 110 Å². The zero-order chi connectivity index (χ0) is 26.1. The number of carbonyl (C=O) groups excluding carboxylic acids is 1. The Morgan fingerprint density at radius 2 is 1.45 bits per heavy atom. The fraction of sp³-hybridized carbons (Fsp3) is 0.0909. The van der Waals surface area contributed by atoms with Gasteiger partial charge in [-0.1, -0.05) is 84.9 Å². The topological polar surface area (TPSA) is 53.4 Å². The molecular formula is C33H26N2O3. The summed E-state index contributed by atoms with van der Waals surface area (Å²) in [6.07, 6.45) is 1.14. The smallest absolute Gasteiger partial charge is 0.330 e. The molecule has 0 spiro atoms. The number of esters is 1. The summed E-state index contributed by atoms with van der Waals surface area (Å²) < 4.78 is 13.0. The van der Waals surface area contributed by atoms with Crippen molar-refractivity contribution in [2.45, 2.75) is 6.92 Å². The molecule has 6 rings (SSSR count). The molecule has 0 fully saturated rings. The summed E-state index contributed by atoms with van der Waals surface area (Å²) >= 11 is 0. The van der Waals surface area contributed by atoms with Crippen molar-refractivity contribution in [2.24, 2.45) is 0 Å². The predicted octanol–water partition coefficient (Wildman–Crippen LogP) is 7.42. The van der Waals surface area contributed by atoms with Gasteiger partial charge in [0.2, 0.25) is 0 Å². The molecule has 0 saturated carbocycles. The molecule has 0 unspecified atom stereocenters. The van der Waals surface area contributed by atoms with Gasteiger partial charge < -0.3 is 9.47 Å². The van der Waals surface area contributed by atoms with Crippen molar-refractivity contribution in [1.29, 1.82) is 0 Å². The summed E-state index contributed by atoms with van der Waals surface area (Å²) in [6.45, 7) is 5.91. The molecule has 0 aliphatic heterocycles. The van der Waals surface area contributed by atoms with Crippen molar-refractivity contribution < 1.29 is 14.3 Å². The number of fused-ring (bicyclic) bond motifs is 6. The van der Waals surface area contributed by atoms with Gasteiger partial charge in [-0.2, -0.15) is 0 Å². The van der Waals surface area contributed by atoms with Crippen LogP contribution in [-0.2, 0) is 9.53 Å². The summed E-state index contributed by atoms with van der Waals surface area (Å²) in [7, 11) is 0. The Hall–Kier alpha value is -4.90. The summed E-state index contributed by atoms with van der Waals surface area (Å²) in [5, 5.41) is 4.66. The average molecular weight is 499 g/mol. The van der Waals surface area contributed by atoms with E-state index in [1.165, 1.54) is 16.3 Å². The second-order valence-corrected chi connectivity index (χ2v) is 9.14. The van der Waals surface area contributed by atoms with Gasteiger partial charge in [-0.25, -0.2) is 9.78 Å². The Labute approximate surface area is 220 Å². The van der Waals surface area contributed by atoms with Gasteiger partial charge in [0, 0.05) is 28.1 Å². The van der Waals surface area contributed by atoms with E-state index in [9.17, 15) is 4.79 Å². The zero-order valence-corrected chi connectivity index (χ0v) is 21.1. The van der Waals surface area contributed by atoms with Crippen LogP contribution in [0.2, 0.25) is 0 Å². The molecule has 186 valence electrons. The van der Waals surface area contributed by atoms with Gasteiger partial charge in [0.1, 0.15) is 24.8 Å². The highest BCUT2D eigenvalue weighted by molar-refractivity contribution is 6.24. The number of aromatic nitrogens is 2. The van der Waals surface area contributed by atoms with Gasteiger partial charge >= 0.3 is 5.97 Å². The lowest BCUT2D eigenvalue weighted by Crippen LogP contribution is -2.10. The van der Waals surface area contributed by atoms with Crippen LogP contribution < -0.4 is 4.74 Å². The molecular weight excluding hydrogens is 472 g/mol. The molecule has 0 amide bonds. The van der Waals surface area contributed by atoms with Gasteiger partial charge in [0.15, 0.2) is 0 Å². The lowest BCUT2D eigenvalue weighted by atomic mass is 10.00. The Morgan fingerprint density at radius 1 is 0.816 bits per heavy atom. The van der Waals surface area contributed by atoms with Crippen molar-refractivity contribution in [2.75, 3.05) is 13.2 Å². The standard InChI is InChI=1S/C33H26N2O3/c1-3-30(36)38-21-20-37-25-18-16-24(17-19-25)35-32-29-11-7-5-9-27(29)26-8-4-6-10-28(26)31(32)34-33(35)23-14-12-22(2)13-15-23/h3-19H,1,20-21H2,2H3. The molecule has 38 heavy (non-hydrogen) atoms. The first-order chi connectivity index (χ1) is 18.6. The minimum atomic E-state index is -0.459. The number of nitrogens with zero attached hydrogens (tertiary/aromatic N) is 2. The maximum atomic E-state index is 11.2. The quantitative estimate of drug-likeness (QED) is 0.0995. The van der Waals surface area contributed by atoms with E-state index in [-0.39, 0.29) is 13.2 Å². The highest BCUT2D eigenvalue weighted by Gasteiger charge is 2.20. The molecule has 6 aromatic rings. The number of imidazole rings is 1. The monoisotopic (exact) mass is 498 g/mol. The molecule has 0 radical (unpaired) electrons. The van der Waals surface area contributed by atoms with Crippen LogP contribution in [0.1, 0.15) is 5.56 Å².